The number of nitrogens with zero attached hydrogens (tertiary/aromatic N) is 3. The Balaban J connectivity index is 1.62. The van der Waals surface area contributed by atoms with Gasteiger partial charge in [-0.3, -0.25) is 14.6 Å². The van der Waals surface area contributed by atoms with E-state index in [0.717, 1.165) is 5.56 Å². The van der Waals surface area contributed by atoms with Crippen molar-refractivity contribution in [1.82, 2.24) is 20.0 Å². The molecule has 8 nitrogen and oxygen atoms in total. The standard InChI is InChI=1S/C29H35FN4O4/c1-5-33-24(18-32-14-15-34(20(4)17-32)27(35)21-12-10-19(3)11-13-21)25(28(36)38-6-2)26(31-29(33)37)22-8-7-9-23(30)16-22/h7-13,16,20,26H,5-6,14-15,17-18H2,1-4H3,(H,31,37)/t20-,26-/m1/s1. The molecular weight excluding hydrogens is 487 g/mol. The Morgan fingerprint density at radius 3 is 2.47 bits per heavy atom. The van der Waals surface area contributed by atoms with Crippen molar-refractivity contribution < 1.29 is 23.5 Å². The van der Waals surface area contributed by atoms with Crippen molar-refractivity contribution in [1.29, 1.82) is 0 Å². The van der Waals surface area contributed by atoms with Gasteiger partial charge >= 0.3 is 12.0 Å². The van der Waals surface area contributed by atoms with Crippen LogP contribution in [-0.2, 0) is 9.53 Å². The molecule has 2 atom stereocenters. The predicted molar refractivity (Wildman–Crippen MR) is 142 cm³/mol. The molecule has 0 bridgehead atoms. The molecular formula is C29H35FN4O4. The summed E-state index contributed by atoms with van der Waals surface area (Å²) in [5, 5.41) is 2.86. The predicted octanol–water partition coefficient (Wildman–Crippen LogP) is 3.88. The average Bonchev–Trinajstić information content (AvgIpc) is 2.89. The van der Waals surface area contributed by atoms with Crippen molar-refractivity contribution in [3.05, 3.63) is 82.3 Å². The summed E-state index contributed by atoms with van der Waals surface area (Å²) >= 11 is 0. The molecule has 2 aliphatic heterocycles. The minimum atomic E-state index is -0.836. The lowest BCUT2D eigenvalue weighted by atomic mass is 9.94. The van der Waals surface area contributed by atoms with Gasteiger partial charge in [0.2, 0.25) is 0 Å². The van der Waals surface area contributed by atoms with Gasteiger partial charge in [-0.15, -0.1) is 0 Å². The number of esters is 1. The van der Waals surface area contributed by atoms with Gasteiger partial charge < -0.3 is 15.0 Å². The molecule has 1 N–H and O–H groups in total. The summed E-state index contributed by atoms with van der Waals surface area (Å²) in [7, 11) is 0. The van der Waals surface area contributed by atoms with Crippen molar-refractivity contribution in [3.63, 3.8) is 0 Å². The van der Waals surface area contributed by atoms with Crippen LogP contribution in [0.2, 0.25) is 0 Å². The van der Waals surface area contributed by atoms with Crippen molar-refractivity contribution in [2.24, 2.45) is 0 Å². The Kier molecular flexibility index (Phi) is 8.46. The van der Waals surface area contributed by atoms with Crippen molar-refractivity contribution in [3.8, 4) is 0 Å². The Labute approximate surface area is 223 Å². The molecule has 2 aromatic carbocycles. The van der Waals surface area contributed by atoms with Gasteiger partial charge in [0.1, 0.15) is 5.82 Å². The topological polar surface area (TPSA) is 82.2 Å². The second-order valence-electron chi connectivity index (χ2n) is 9.71. The summed E-state index contributed by atoms with van der Waals surface area (Å²) in [4.78, 5) is 45.1. The lowest BCUT2D eigenvalue weighted by Crippen LogP contribution is -2.56. The highest BCUT2D eigenvalue weighted by atomic mass is 19.1. The maximum Gasteiger partial charge on any atom is 0.338 e. The summed E-state index contributed by atoms with van der Waals surface area (Å²) in [6.45, 7) is 10.0. The van der Waals surface area contributed by atoms with Crippen LogP contribution in [0.4, 0.5) is 9.18 Å². The second-order valence-corrected chi connectivity index (χ2v) is 9.71. The average molecular weight is 523 g/mol. The molecule has 3 amide bonds. The van der Waals surface area contributed by atoms with Crippen LogP contribution in [0.1, 0.15) is 48.3 Å². The number of piperazine rings is 1. The fourth-order valence-corrected chi connectivity index (χ4v) is 5.15. The van der Waals surface area contributed by atoms with Crippen LogP contribution in [0.5, 0.6) is 0 Å². The zero-order valence-electron chi connectivity index (χ0n) is 22.4. The van der Waals surface area contributed by atoms with E-state index in [1.807, 2.05) is 49.9 Å². The molecule has 4 rings (SSSR count). The molecule has 9 heteroatoms. The highest BCUT2D eigenvalue weighted by Gasteiger charge is 2.39. The Hall–Kier alpha value is -3.72. The van der Waals surface area contributed by atoms with Crippen LogP contribution >= 0.6 is 0 Å². The number of hydrogen-bond donors (Lipinski definition) is 1. The van der Waals surface area contributed by atoms with Crippen LogP contribution in [-0.4, -0.2) is 78.0 Å². The monoisotopic (exact) mass is 522 g/mol. The van der Waals surface area contributed by atoms with E-state index in [0.29, 0.717) is 55.1 Å². The Bertz CT molecular complexity index is 1230. The van der Waals surface area contributed by atoms with Crippen LogP contribution in [0.25, 0.3) is 0 Å². The van der Waals surface area contributed by atoms with Gasteiger partial charge in [0.15, 0.2) is 0 Å². The molecule has 0 radical (unpaired) electrons. The van der Waals surface area contributed by atoms with Crippen LogP contribution in [0.15, 0.2) is 59.8 Å². The smallest absolute Gasteiger partial charge is 0.338 e. The molecule has 1 fully saturated rings. The van der Waals surface area contributed by atoms with Gasteiger partial charge in [0, 0.05) is 50.0 Å². The fraction of sp³-hybridized carbons (Fsp3) is 0.414. The molecule has 38 heavy (non-hydrogen) atoms. The van der Waals surface area contributed by atoms with Gasteiger partial charge in [-0.1, -0.05) is 29.8 Å². The third-order valence-electron chi connectivity index (χ3n) is 7.08. The first kappa shape index (κ1) is 27.3. The summed E-state index contributed by atoms with van der Waals surface area (Å²) in [6.07, 6.45) is 0. The maximum atomic E-state index is 14.1. The SMILES string of the molecule is CCOC(=O)C1=C(CN2CCN(C(=O)c3ccc(C)cc3)[C@H](C)C2)N(CC)C(=O)N[C@@H]1c1cccc(F)c1. The molecule has 0 aliphatic carbocycles. The van der Waals surface area contributed by atoms with E-state index in [1.165, 1.54) is 17.0 Å². The number of nitrogens with one attached hydrogen (secondary N) is 1. The number of rotatable bonds is 7. The minimum Gasteiger partial charge on any atom is -0.463 e. The van der Waals surface area contributed by atoms with Gasteiger partial charge in [0.25, 0.3) is 5.91 Å². The molecule has 0 saturated carbocycles. The molecule has 2 heterocycles. The summed E-state index contributed by atoms with van der Waals surface area (Å²) in [5.41, 5.74) is 3.05. The second kappa shape index (κ2) is 11.8. The maximum absolute atomic E-state index is 14.1. The minimum absolute atomic E-state index is 0.0121. The highest BCUT2D eigenvalue weighted by Crippen LogP contribution is 2.32. The van der Waals surface area contributed by atoms with Crippen molar-refractivity contribution >= 4 is 17.9 Å². The zero-order chi connectivity index (χ0) is 27.4. The molecule has 202 valence electrons. The van der Waals surface area contributed by atoms with E-state index in [-0.39, 0.29) is 24.6 Å². The number of urea groups is 1. The number of carbonyl (C=O) groups excluding carboxylic acids is 3. The summed E-state index contributed by atoms with van der Waals surface area (Å²) in [6, 6.07) is 12.2. The number of carbonyl (C=O) groups is 3. The van der Waals surface area contributed by atoms with Crippen molar-refractivity contribution in [2.45, 2.75) is 39.8 Å². The number of aryl methyl sites for hydroxylation is 1. The Morgan fingerprint density at radius 1 is 1.11 bits per heavy atom. The van der Waals surface area contributed by atoms with E-state index in [9.17, 15) is 18.8 Å². The lowest BCUT2D eigenvalue weighted by molar-refractivity contribution is -0.139. The number of benzene rings is 2. The zero-order valence-corrected chi connectivity index (χ0v) is 22.4. The van der Waals surface area contributed by atoms with E-state index < -0.39 is 17.8 Å². The van der Waals surface area contributed by atoms with Gasteiger partial charge in [-0.05, 0) is 57.5 Å². The first-order chi connectivity index (χ1) is 18.2. The first-order valence-electron chi connectivity index (χ1n) is 13.1. The number of hydrogen-bond acceptors (Lipinski definition) is 5. The van der Waals surface area contributed by atoms with E-state index in [4.69, 9.17) is 4.74 Å². The summed E-state index contributed by atoms with van der Waals surface area (Å²) < 4.78 is 19.5. The number of ether oxygens (including phenoxy) is 1. The van der Waals surface area contributed by atoms with E-state index >= 15 is 0 Å². The first-order valence-corrected chi connectivity index (χ1v) is 13.1. The fourth-order valence-electron chi connectivity index (χ4n) is 5.15. The van der Waals surface area contributed by atoms with E-state index in [2.05, 4.69) is 10.2 Å². The van der Waals surface area contributed by atoms with Crippen LogP contribution < -0.4 is 5.32 Å². The van der Waals surface area contributed by atoms with Crippen LogP contribution in [0.3, 0.4) is 0 Å². The Morgan fingerprint density at radius 2 is 1.84 bits per heavy atom. The quantitative estimate of drug-likeness (QED) is 0.558. The van der Waals surface area contributed by atoms with E-state index in [1.54, 1.807) is 19.1 Å². The molecule has 0 spiro atoms. The van der Waals surface area contributed by atoms with Crippen LogP contribution in [0, 0.1) is 12.7 Å². The number of amides is 3. The third kappa shape index (κ3) is 5.72. The number of halogens is 1. The summed E-state index contributed by atoms with van der Waals surface area (Å²) in [5.74, 6) is -1.01. The molecule has 2 aromatic rings. The lowest BCUT2D eigenvalue weighted by Gasteiger charge is -2.43. The van der Waals surface area contributed by atoms with Gasteiger partial charge in [-0.25, -0.2) is 14.0 Å². The normalized spacial score (nSPS) is 20.4. The highest BCUT2D eigenvalue weighted by molar-refractivity contribution is 5.95. The molecule has 0 aromatic heterocycles. The largest absolute Gasteiger partial charge is 0.463 e. The molecule has 1 saturated heterocycles. The molecule has 2 aliphatic rings. The van der Waals surface area contributed by atoms with Gasteiger partial charge in [0.05, 0.1) is 18.2 Å². The third-order valence-corrected chi connectivity index (χ3v) is 7.08. The molecule has 0 unspecified atom stereocenters. The van der Waals surface area contributed by atoms with Gasteiger partial charge in [-0.2, -0.15) is 0 Å². The van der Waals surface area contributed by atoms with Crippen molar-refractivity contribution in [2.75, 3.05) is 39.3 Å². The number of likely N-dealkylation sites (N-methyl/N-ethyl adjacent to an activating group) is 1.